The number of hydrogen-bond donors (Lipinski definition) is 0. The van der Waals surface area contributed by atoms with Crippen LogP contribution in [0.1, 0.15) is 5.76 Å². The average molecular weight is 394 g/mol. The lowest BCUT2D eigenvalue weighted by molar-refractivity contribution is 0.412. The summed E-state index contributed by atoms with van der Waals surface area (Å²) in [7, 11) is 1.64. The molecule has 0 spiro atoms. The summed E-state index contributed by atoms with van der Waals surface area (Å²) in [5, 5.41) is 0. The Bertz CT molecular complexity index is 525. The Labute approximate surface area is 115 Å². The summed E-state index contributed by atoms with van der Waals surface area (Å²) in [6.07, 6.45) is 1.71. The van der Waals surface area contributed by atoms with Gasteiger partial charge >= 0.3 is 0 Å². The highest BCUT2D eigenvalue weighted by Gasteiger charge is 2.12. The number of ether oxygens (including phenoxy) is 1. The molecule has 1 heterocycles. The zero-order valence-corrected chi connectivity index (χ0v) is 12.5. The molecule has 0 amide bonds. The van der Waals surface area contributed by atoms with E-state index in [1.165, 1.54) is 0 Å². The molecule has 3 nitrogen and oxygen atoms in total. The molecular weight excluding hydrogens is 385 g/mol. The maximum Gasteiger partial charge on any atom is 0.227 e. The van der Waals surface area contributed by atoms with Crippen LogP contribution < -0.4 is 4.74 Å². The van der Waals surface area contributed by atoms with Crippen LogP contribution in [0, 0.1) is 10.5 Å². The molecule has 5 heteroatoms. The van der Waals surface area contributed by atoms with Crippen LogP contribution in [0.2, 0.25) is 0 Å². The van der Waals surface area contributed by atoms with E-state index in [2.05, 4.69) is 43.5 Å². The molecule has 0 unspecified atom stereocenters. The lowest BCUT2D eigenvalue weighted by Gasteiger charge is -2.06. The van der Waals surface area contributed by atoms with Crippen molar-refractivity contribution < 1.29 is 9.15 Å². The maximum absolute atomic E-state index is 5.50. The second-order valence-electron chi connectivity index (χ2n) is 3.24. The number of benzene rings is 1. The smallest absolute Gasteiger partial charge is 0.227 e. The number of oxazole rings is 1. The summed E-state index contributed by atoms with van der Waals surface area (Å²) in [5.41, 5.74) is 0.939. The molecule has 0 radical (unpaired) electrons. The molecule has 2 rings (SSSR count). The summed E-state index contributed by atoms with van der Waals surface area (Å²) in [6, 6.07) is 3.89. The SMILES string of the molecule is COc1cc(-c2ncc(C)o2)c(I)cc1Br. The van der Waals surface area contributed by atoms with Crippen molar-refractivity contribution in [3.05, 3.63) is 32.1 Å². The van der Waals surface area contributed by atoms with Gasteiger partial charge in [-0.3, -0.25) is 0 Å². The molecule has 0 aliphatic heterocycles. The molecule has 1 aromatic heterocycles. The third-order valence-corrected chi connectivity index (χ3v) is 3.61. The van der Waals surface area contributed by atoms with E-state index in [-0.39, 0.29) is 0 Å². The second kappa shape index (κ2) is 4.75. The molecule has 0 N–H and O–H groups in total. The number of rotatable bonds is 2. The van der Waals surface area contributed by atoms with Crippen LogP contribution >= 0.6 is 38.5 Å². The van der Waals surface area contributed by atoms with E-state index in [1.807, 2.05) is 19.1 Å². The van der Waals surface area contributed by atoms with Crippen molar-refractivity contribution in [2.24, 2.45) is 0 Å². The topological polar surface area (TPSA) is 35.3 Å². The normalized spacial score (nSPS) is 10.5. The minimum atomic E-state index is 0.618. The van der Waals surface area contributed by atoms with Crippen molar-refractivity contribution in [2.45, 2.75) is 6.92 Å². The van der Waals surface area contributed by atoms with E-state index in [0.717, 1.165) is 25.1 Å². The van der Waals surface area contributed by atoms with Gasteiger partial charge in [0.2, 0.25) is 5.89 Å². The third-order valence-electron chi connectivity index (χ3n) is 2.09. The molecule has 0 aliphatic rings. The highest BCUT2D eigenvalue weighted by molar-refractivity contribution is 14.1. The predicted octanol–water partition coefficient (Wildman–Crippen LogP) is 4.03. The van der Waals surface area contributed by atoms with Gasteiger partial charge in [-0.2, -0.15) is 0 Å². The number of aromatic nitrogens is 1. The average Bonchev–Trinajstić information content (AvgIpc) is 2.65. The van der Waals surface area contributed by atoms with Crippen LogP contribution in [0.15, 0.2) is 27.2 Å². The van der Waals surface area contributed by atoms with E-state index in [1.54, 1.807) is 13.3 Å². The first kappa shape index (κ1) is 11.9. The quantitative estimate of drug-likeness (QED) is 0.722. The number of halogens is 2. The predicted molar refractivity (Wildman–Crippen MR) is 73.6 cm³/mol. The molecule has 0 atom stereocenters. The summed E-state index contributed by atoms with van der Waals surface area (Å²) >= 11 is 5.68. The monoisotopic (exact) mass is 393 g/mol. The largest absolute Gasteiger partial charge is 0.496 e. The van der Waals surface area contributed by atoms with E-state index < -0.39 is 0 Å². The van der Waals surface area contributed by atoms with Crippen LogP contribution in [0.3, 0.4) is 0 Å². The summed E-state index contributed by atoms with van der Waals surface area (Å²) < 4.78 is 12.7. The number of nitrogens with zero attached hydrogens (tertiary/aromatic N) is 1. The Morgan fingerprint density at radius 1 is 1.44 bits per heavy atom. The molecule has 16 heavy (non-hydrogen) atoms. The van der Waals surface area contributed by atoms with Crippen molar-refractivity contribution in [1.82, 2.24) is 4.98 Å². The van der Waals surface area contributed by atoms with E-state index in [0.29, 0.717) is 5.89 Å². The highest BCUT2D eigenvalue weighted by Crippen LogP contribution is 2.34. The zero-order chi connectivity index (χ0) is 11.7. The minimum Gasteiger partial charge on any atom is -0.496 e. The first-order chi connectivity index (χ1) is 7.61. The van der Waals surface area contributed by atoms with Gasteiger partial charge in [-0.15, -0.1) is 0 Å². The molecule has 2 aromatic rings. The molecule has 0 fully saturated rings. The Kier molecular flexibility index (Phi) is 3.53. The molecule has 0 bridgehead atoms. The Morgan fingerprint density at radius 3 is 2.75 bits per heavy atom. The van der Waals surface area contributed by atoms with Crippen LogP contribution in [0.4, 0.5) is 0 Å². The molecule has 84 valence electrons. The second-order valence-corrected chi connectivity index (χ2v) is 5.26. The van der Waals surface area contributed by atoms with Gasteiger partial charge in [-0.05, 0) is 57.6 Å². The van der Waals surface area contributed by atoms with Gasteiger partial charge in [0.1, 0.15) is 11.5 Å². The first-order valence-electron chi connectivity index (χ1n) is 4.57. The maximum atomic E-state index is 5.50. The Morgan fingerprint density at radius 2 is 2.19 bits per heavy atom. The summed E-state index contributed by atoms with van der Waals surface area (Å²) in [5.74, 6) is 2.19. The Hall–Kier alpha value is -0.560. The van der Waals surface area contributed by atoms with Crippen molar-refractivity contribution in [3.63, 3.8) is 0 Å². The zero-order valence-electron chi connectivity index (χ0n) is 8.75. The van der Waals surface area contributed by atoms with E-state index in [9.17, 15) is 0 Å². The summed E-state index contributed by atoms with van der Waals surface area (Å²) in [4.78, 5) is 4.21. The van der Waals surface area contributed by atoms with Crippen molar-refractivity contribution in [2.75, 3.05) is 7.11 Å². The van der Waals surface area contributed by atoms with Crippen LogP contribution in [0.5, 0.6) is 5.75 Å². The Balaban J connectivity index is 2.56. The van der Waals surface area contributed by atoms with E-state index in [4.69, 9.17) is 9.15 Å². The van der Waals surface area contributed by atoms with Gasteiger partial charge in [0, 0.05) is 3.57 Å². The van der Waals surface area contributed by atoms with Gasteiger partial charge in [-0.25, -0.2) is 4.98 Å². The lowest BCUT2D eigenvalue weighted by Crippen LogP contribution is -1.89. The fourth-order valence-electron chi connectivity index (χ4n) is 1.33. The number of methoxy groups -OCH3 is 1. The third kappa shape index (κ3) is 2.24. The van der Waals surface area contributed by atoms with Gasteiger partial charge in [0.25, 0.3) is 0 Å². The fourth-order valence-corrected chi connectivity index (χ4v) is 2.96. The molecular formula is C11H9BrINO2. The fraction of sp³-hybridized carbons (Fsp3) is 0.182. The van der Waals surface area contributed by atoms with Crippen LogP contribution in [0.25, 0.3) is 11.5 Å². The van der Waals surface area contributed by atoms with E-state index >= 15 is 0 Å². The van der Waals surface area contributed by atoms with Gasteiger partial charge in [0.05, 0.1) is 23.3 Å². The van der Waals surface area contributed by atoms with Crippen molar-refractivity contribution in [3.8, 4) is 17.2 Å². The number of aryl methyl sites for hydroxylation is 1. The van der Waals surface area contributed by atoms with Gasteiger partial charge in [-0.1, -0.05) is 0 Å². The molecule has 0 saturated heterocycles. The lowest BCUT2D eigenvalue weighted by atomic mass is 10.2. The molecule has 0 saturated carbocycles. The van der Waals surface area contributed by atoms with Crippen LogP contribution in [-0.2, 0) is 0 Å². The van der Waals surface area contributed by atoms with Gasteiger partial charge in [0.15, 0.2) is 0 Å². The minimum absolute atomic E-state index is 0.618. The standard InChI is InChI=1S/C11H9BrINO2/c1-6-5-14-11(16-6)7-3-10(15-2)8(12)4-9(7)13/h3-5H,1-2H3. The summed E-state index contributed by atoms with van der Waals surface area (Å²) in [6.45, 7) is 1.87. The van der Waals surface area contributed by atoms with Crippen molar-refractivity contribution >= 4 is 38.5 Å². The first-order valence-corrected chi connectivity index (χ1v) is 6.45. The van der Waals surface area contributed by atoms with Gasteiger partial charge < -0.3 is 9.15 Å². The van der Waals surface area contributed by atoms with Crippen LogP contribution in [-0.4, -0.2) is 12.1 Å². The highest BCUT2D eigenvalue weighted by atomic mass is 127. The molecule has 1 aromatic carbocycles. The molecule has 0 aliphatic carbocycles. The number of hydrogen-bond acceptors (Lipinski definition) is 3. The van der Waals surface area contributed by atoms with Crippen molar-refractivity contribution in [1.29, 1.82) is 0 Å².